The number of rotatable bonds is 6. The first-order valence-electron chi connectivity index (χ1n) is 6.90. The molecule has 0 aliphatic carbocycles. The molecule has 0 saturated carbocycles. The lowest BCUT2D eigenvalue weighted by Crippen LogP contribution is -2.13. The molecule has 1 heteroatoms. The van der Waals surface area contributed by atoms with Gasteiger partial charge < -0.3 is 0 Å². The van der Waals surface area contributed by atoms with Gasteiger partial charge >= 0.3 is 0 Å². The number of hydrogen-bond donors (Lipinski definition) is 0. The average Bonchev–Trinajstić information content (AvgIpc) is 2.49. The van der Waals surface area contributed by atoms with Crippen LogP contribution in [-0.4, -0.2) is 6.16 Å². The van der Waals surface area contributed by atoms with Gasteiger partial charge in [-0.3, -0.25) is 0 Å². The summed E-state index contributed by atoms with van der Waals surface area (Å²) in [6.07, 6.45) is 8.14. The van der Waals surface area contributed by atoms with E-state index >= 15 is 0 Å². The molecule has 0 N–H and O–H groups in total. The SMILES string of the molecule is C/C=C/CCCP(c1ccccc1)c1ccccc1. The van der Waals surface area contributed by atoms with Crippen molar-refractivity contribution in [3.8, 4) is 0 Å². The Morgan fingerprint density at radius 3 is 1.84 bits per heavy atom. The van der Waals surface area contributed by atoms with E-state index in [2.05, 4.69) is 79.7 Å². The highest BCUT2D eigenvalue weighted by molar-refractivity contribution is 7.73. The number of hydrogen-bond acceptors (Lipinski definition) is 0. The van der Waals surface area contributed by atoms with Gasteiger partial charge in [0, 0.05) is 0 Å². The largest absolute Gasteiger partial charge is 0.0917 e. The van der Waals surface area contributed by atoms with Crippen LogP contribution in [0.25, 0.3) is 0 Å². The highest BCUT2D eigenvalue weighted by Gasteiger charge is 2.12. The van der Waals surface area contributed by atoms with E-state index in [1.54, 1.807) is 0 Å². The highest BCUT2D eigenvalue weighted by Crippen LogP contribution is 2.34. The third-order valence-electron chi connectivity index (χ3n) is 3.12. The van der Waals surface area contributed by atoms with Gasteiger partial charge in [-0.2, -0.15) is 0 Å². The monoisotopic (exact) mass is 268 g/mol. The number of benzene rings is 2. The predicted octanol–water partition coefficient (Wildman–Crippen LogP) is 4.48. The van der Waals surface area contributed by atoms with Crippen molar-refractivity contribution < 1.29 is 0 Å². The van der Waals surface area contributed by atoms with Crippen LogP contribution >= 0.6 is 7.92 Å². The molecule has 0 radical (unpaired) electrons. The van der Waals surface area contributed by atoms with Crippen LogP contribution in [-0.2, 0) is 0 Å². The van der Waals surface area contributed by atoms with Crippen LogP contribution in [0, 0.1) is 0 Å². The van der Waals surface area contributed by atoms with Gasteiger partial charge in [-0.15, -0.1) is 0 Å². The lowest BCUT2D eigenvalue weighted by Gasteiger charge is -2.18. The standard InChI is InChI=1S/C18H21P/c1-2-3-4-11-16-19(17-12-7-5-8-13-17)18-14-9-6-10-15-18/h2-3,5-10,12-15H,4,11,16H2,1H3/b3-2+. The first kappa shape index (κ1) is 14.0. The summed E-state index contributed by atoms with van der Waals surface area (Å²) >= 11 is 0. The average molecular weight is 268 g/mol. The molecular weight excluding hydrogens is 247 g/mol. The second-order valence-corrected chi connectivity index (χ2v) is 6.87. The fraction of sp³-hybridized carbons (Fsp3) is 0.222. The zero-order chi connectivity index (χ0) is 13.3. The minimum Gasteiger partial charge on any atom is -0.0917 e. The summed E-state index contributed by atoms with van der Waals surface area (Å²) < 4.78 is 0. The van der Waals surface area contributed by atoms with E-state index in [4.69, 9.17) is 0 Å². The van der Waals surface area contributed by atoms with Crippen LogP contribution in [0.15, 0.2) is 72.8 Å². The number of allylic oxidation sites excluding steroid dienone is 2. The fourth-order valence-electron chi connectivity index (χ4n) is 2.16. The van der Waals surface area contributed by atoms with Crippen LogP contribution in [0.5, 0.6) is 0 Å². The Morgan fingerprint density at radius 2 is 1.37 bits per heavy atom. The molecule has 0 bridgehead atoms. The molecule has 0 fully saturated rings. The van der Waals surface area contributed by atoms with Gasteiger partial charge in [0.1, 0.15) is 0 Å². The first-order chi connectivity index (χ1) is 9.42. The quantitative estimate of drug-likeness (QED) is 0.412. The van der Waals surface area contributed by atoms with Crippen LogP contribution in [0.2, 0.25) is 0 Å². The van der Waals surface area contributed by atoms with E-state index in [0.717, 1.165) is 0 Å². The molecule has 2 rings (SSSR count). The molecular formula is C18H21P. The Hall–Kier alpha value is -1.39. The molecule has 2 aromatic carbocycles. The smallest absolute Gasteiger partial charge is 0.0195 e. The molecule has 0 aromatic heterocycles. The van der Waals surface area contributed by atoms with E-state index in [1.807, 2.05) is 0 Å². The summed E-state index contributed by atoms with van der Waals surface area (Å²) in [4.78, 5) is 0. The molecule has 0 amide bonds. The summed E-state index contributed by atoms with van der Waals surface area (Å²) in [5.74, 6) is 0. The van der Waals surface area contributed by atoms with Gasteiger partial charge in [-0.05, 0) is 44.5 Å². The lowest BCUT2D eigenvalue weighted by molar-refractivity contribution is 0.966. The Balaban J connectivity index is 2.14. The predicted molar refractivity (Wildman–Crippen MR) is 88.0 cm³/mol. The minimum absolute atomic E-state index is 0.201. The van der Waals surface area contributed by atoms with Crippen molar-refractivity contribution in [1.29, 1.82) is 0 Å². The molecule has 0 spiro atoms. The lowest BCUT2D eigenvalue weighted by atomic mass is 10.3. The molecule has 0 aliphatic heterocycles. The van der Waals surface area contributed by atoms with Crippen molar-refractivity contribution in [2.24, 2.45) is 0 Å². The van der Waals surface area contributed by atoms with Crippen LogP contribution in [0.1, 0.15) is 19.8 Å². The zero-order valence-electron chi connectivity index (χ0n) is 11.5. The summed E-state index contributed by atoms with van der Waals surface area (Å²) in [6.45, 7) is 2.09. The van der Waals surface area contributed by atoms with E-state index in [-0.39, 0.29) is 7.92 Å². The summed E-state index contributed by atoms with van der Waals surface area (Å²) in [7, 11) is -0.201. The van der Waals surface area contributed by atoms with E-state index in [0.29, 0.717) is 0 Å². The normalized spacial score (nSPS) is 11.3. The number of unbranched alkanes of at least 4 members (excludes halogenated alkanes) is 1. The maximum atomic E-state index is 2.27. The second-order valence-electron chi connectivity index (χ2n) is 4.53. The van der Waals surface area contributed by atoms with Crippen molar-refractivity contribution in [3.05, 3.63) is 72.8 Å². The molecule has 0 saturated heterocycles. The van der Waals surface area contributed by atoms with Gasteiger partial charge in [0.05, 0.1) is 0 Å². The molecule has 0 unspecified atom stereocenters. The Morgan fingerprint density at radius 1 is 0.842 bits per heavy atom. The first-order valence-corrected chi connectivity index (χ1v) is 8.43. The Labute approximate surface area is 117 Å². The summed E-state index contributed by atoms with van der Waals surface area (Å²) in [6, 6.07) is 21.9. The molecule has 2 aromatic rings. The summed E-state index contributed by atoms with van der Waals surface area (Å²) in [5, 5.41) is 2.98. The van der Waals surface area contributed by atoms with E-state index < -0.39 is 0 Å². The molecule has 0 atom stereocenters. The van der Waals surface area contributed by atoms with Crippen molar-refractivity contribution in [3.63, 3.8) is 0 Å². The molecule has 0 heterocycles. The Kier molecular flexibility index (Phi) is 5.85. The molecule has 19 heavy (non-hydrogen) atoms. The molecule has 0 nitrogen and oxygen atoms in total. The van der Waals surface area contributed by atoms with Gasteiger partial charge in [0.15, 0.2) is 0 Å². The topological polar surface area (TPSA) is 0 Å². The van der Waals surface area contributed by atoms with Crippen LogP contribution < -0.4 is 10.6 Å². The van der Waals surface area contributed by atoms with E-state index in [1.165, 1.54) is 29.6 Å². The zero-order valence-corrected chi connectivity index (χ0v) is 12.4. The van der Waals surface area contributed by atoms with Crippen LogP contribution in [0.4, 0.5) is 0 Å². The maximum absolute atomic E-state index is 2.27. The fourth-order valence-corrected chi connectivity index (χ4v) is 4.53. The van der Waals surface area contributed by atoms with Gasteiger partial charge in [0.25, 0.3) is 0 Å². The van der Waals surface area contributed by atoms with Crippen LogP contribution in [0.3, 0.4) is 0 Å². The Bertz CT molecular complexity index is 448. The van der Waals surface area contributed by atoms with Crippen molar-refractivity contribution in [1.82, 2.24) is 0 Å². The maximum Gasteiger partial charge on any atom is -0.0195 e. The van der Waals surface area contributed by atoms with E-state index in [9.17, 15) is 0 Å². The van der Waals surface area contributed by atoms with Gasteiger partial charge in [-0.25, -0.2) is 0 Å². The molecule has 98 valence electrons. The van der Waals surface area contributed by atoms with Crippen molar-refractivity contribution in [2.45, 2.75) is 19.8 Å². The summed E-state index contributed by atoms with van der Waals surface area (Å²) in [5.41, 5.74) is 0. The third-order valence-corrected chi connectivity index (χ3v) is 5.73. The minimum atomic E-state index is -0.201. The second kappa shape index (κ2) is 7.92. The van der Waals surface area contributed by atoms with Crippen molar-refractivity contribution in [2.75, 3.05) is 6.16 Å². The van der Waals surface area contributed by atoms with Gasteiger partial charge in [0.2, 0.25) is 0 Å². The highest BCUT2D eigenvalue weighted by atomic mass is 31.1. The molecule has 0 aliphatic rings. The van der Waals surface area contributed by atoms with Gasteiger partial charge in [-0.1, -0.05) is 72.8 Å². The van der Waals surface area contributed by atoms with Crippen molar-refractivity contribution >= 4 is 18.5 Å². The third kappa shape index (κ3) is 4.33.